The van der Waals surface area contributed by atoms with Gasteiger partial charge in [-0.2, -0.15) is 0 Å². The van der Waals surface area contributed by atoms with Crippen molar-refractivity contribution in [2.75, 3.05) is 6.61 Å². The van der Waals surface area contributed by atoms with Gasteiger partial charge in [-0.15, -0.1) is 0 Å². The van der Waals surface area contributed by atoms with E-state index in [4.69, 9.17) is 4.74 Å². The van der Waals surface area contributed by atoms with Crippen molar-refractivity contribution in [2.45, 2.75) is 25.8 Å². The Balaban J connectivity index is 1.98. The van der Waals surface area contributed by atoms with Gasteiger partial charge in [0.2, 0.25) is 5.91 Å². The van der Waals surface area contributed by atoms with E-state index in [0.717, 1.165) is 36.3 Å². The first kappa shape index (κ1) is 13.7. The summed E-state index contributed by atoms with van der Waals surface area (Å²) in [5.41, 5.74) is 3.41. The first-order chi connectivity index (χ1) is 10.2. The van der Waals surface area contributed by atoms with Gasteiger partial charge in [0.15, 0.2) is 0 Å². The van der Waals surface area contributed by atoms with Crippen LogP contribution in [0.4, 0.5) is 0 Å². The summed E-state index contributed by atoms with van der Waals surface area (Å²) in [7, 11) is 0. The van der Waals surface area contributed by atoms with Gasteiger partial charge < -0.3 is 10.1 Å². The summed E-state index contributed by atoms with van der Waals surface area (Å²) in [6.07, 6.45) is 2.08. The number of amides is 1. The van der Waals surface area contributed by atoms with Crippen LogP contribution in [-0.2, 0) is 11.2 Å². The number of hydrogen-bond acceptors (Lipinski definition) is 2. The van der Waals surface area contributed by atoms with E-state index in [0.29, 0.717) is 0 Å². The van der Waals surface area contributed by atoms with E-state index in [-0.39, 0.29) is 11.9 Å². The first-order valence-corrected chi connectivity index (χ1v) is 7.32. The van der Waals surface area contributed by atoms with Crippen molar-refractivity contribution in [2.24, 2.45) is 0 Å². The summed E-state index contributed by atoms with van der Waals surface area (Å²) in [6, 6.07) is 16.1. The van der Waals surface area contributed by atoms with Crippen LogP contribution in [-0.4, -0.2) is 12.5 Å². The van der Waals surface area contributed by atoms with Gasteiger partial charge in [-0.25, -0.2) is 0 Å². The molecule has 1 N–H and O–H groups in total. The molecule has 108 valence electrons. The van der Waals surface area contributed by atoms with Gasteiger partial charge in [0.05, 0.1) is 12.6 Å². The molecule has 3 nitrogen and oxygen atoms in total. The minimum Gasteiger partial charge on any atom is -0.493 e. The fourth-order valence-corrected chi connectivity index (χ4v) is 2.77. The van der Waals surface area contributed by atoms with Crippen molar-refractivity contribution < 1.29 is 9.53 Å². The molecule has 2 aromatic rings. The molecular weight excluding hydrogens is 262 g/mol. The molecule has 2 aromatic carbocycles. The van der Waals surface area contributed by atoms with Crippen LogP contribution in [0.15, 0.2) is 48.5 Å². The lowest BCUT2D eigenvalue weighted by atomic mass is 9.95. The van der Waals surface area contributed by atoms with Gasteiger partial charge in [-0.3, -0.25) is 4.79 Å². The van der Waals surface area contributed by atoms with Crippen molar-refractivity contribution >= 4 is 5.91 Å². The summed E-state index contributed by atoms with van der Waals surface area (Å²) in [5.74, 6) is 0.942. The molecule has 1 aliphatic heterocycles. The quantitative estimate of drug-likeness (QED) is 0.938. The summed E-state index contributed by atoms with van der Waals surface area (Å²) in [6.45, 7) is 2.34. The molecule has 1 heterocycles. The van der Waals surface area contributed by atoms with Crippen LogP contribution in [0.3, 0.4) is 0 Å². The molecule has 0 bridgehead atoms. The third-order valence-electron chi connectivity index (χ3n) is 3.75. The number of rotatable bonds is 3. The maximum atomic E-state index is 11.6. The molecule has 0 aliphatic carbocycles. The molecule has 0 radical (unpaired) electrons. The molecule has 1 aliphatic rings. The van der Waals surface area contributed by atoms with Crippen molar-refractivity contribution in [3.05, 3.63) is 65.2 Å². The monoisotopic (exact) mass is 281 g/mol. The Hall–Kier alpha value is -2.29. The number of nitrogens with one attached hydrogen (secondary N) is 1. The Morgan fingerprint density at radius 2 is 1.95 bits per heavy atom. The molecule has 0 spiro atoms. The highest BCUT2D eigenvalue weighted by atomic mass is 16.5. The summed E-state index contributed by atoms with van der Waals surface area (Å²) in [5, 5.41) is 3.04. The average Bonchev–Trinajstić information content (AvgIpc) is 2.53. The number of ether oxygens (including phenoxy) is 1. The van der Waals surface area contributed by atoms with E-state index in [9.17, 15) is 4.79 Å². The SMILES string of the molecule is CC(=O)N[C@H](c1ccccc1)c1ccc2c(c1)CCCO2. The van der Waals surface area contributed by atoms with E-state index >= 15 is 0 Å². The lowest BCUT2D eigenvalue weighted by Gasteiger charge is -2.22. The minimum atomic E-state index is -0.115. The Bertz CT molecular complexity index is 637. The van der Waals surface area contributed by atoms with E-state index in [1.165, 1.54) is 5.56 Å². The predicted molar refractivity (Wildman–Crippen MR) is 82.4 cm³/mol. The Morgan fingerprint density at radius 3 is 2.71 bits per heavy atom. The average molecular weight is 281 g/mol. The van der Waals surface area contributed by atoms with Crippen molar-refractivity contribution in [1.82, 2.24) is 5.32 Å². The maximum Gasteiger partial charge on any atom is 0.217 e. The second-order valence-corrected chi connectivity index (χ2v) is 5.36. The lowest BCUT2D eigenvalue weighted by molar-refractivity contribution is -0.119. The standard InChI is InChI=1S/C18H19NO2/c1-13(20)19-18(14-6-3-2-4-7-14)16-9-10-17-15(12-16)8-5-11-21-17/h2-4,6-7,9-10,12,18H,5,8,11H2,1H3,(H,19,20)/t18-/m1/s1. The van der Waals surface area contributed by atoms with Gasteiger partial charge in [0, 0.05) is 6.92 Å². The molecule has 21 heavy (non-hydrogen) atoms. The highest BCUT2D eigenvalue weighted by Gasteiger charge is 2.18. The number of carbonyl (C=O) groups excluding carboxylic acids is 1. The number of carbonyl (C=O) groups is 1. The van der Waals surface area contributed by atoms with Crippen molar-refractivity contribution in [1.29, 1.82) is 0 Å². The summed E-state index contributed by atoms with van der Waals surface area (Å²) in [4.78, 5) is 11.6. The molecule has 1 amide bonds. The largest absolute Gasteiger partial charge is 0.493 e. The molecule has 1 atom stereocenters. The molecule has 0 fully saturated rings. The molecule has 3 rings (SSSR count). The third kappa shape index (κ3) is 3.07. The normalized spacial score (nSPS) is 14.7. The van der Waals surface area contributed by atoms with Crippen LogP contribution < -0.4 is 10.1 Å². The summed E-state index contributed by atoms with van der Waals surface area (Å²) >= 11 is 0. The molecule has 0 saturated carbocycles. The first-order valence-electron chi connectivity index (χ1n) is 7.32. The fourth-order valence-electron chi connectivity index (χ4n) is 2.77. The Morgan fingerprint density at radius 1 is 1.14 bits per heavy atom. The zero-order valence-electron chi connectivity index (χ0n) is 12.1. The van der Waals surface area contributed by atoms with E-state index < -0.39 is 0 Å². The second kappa shape index (κ2) is 6.00. The van der Waals surface area contributed by atoms with Crippen LogP contribution in [0.5, 0.6) is 5.75 Å². The number of fused-ring (bicyclic) bond motifs is 1. The van der Waals surface area contributed by atoms with Gasteiger partial charge in [-0.1, -0.05) is 36.4 Å². The molecule has 0 saturated heterocycles. The minimum absolute atomic E-state index is 0.0298. The number of benzene rings is 2. The van der Waals surface area contributed by atoms with Gasteiger partial charge >= 0.3 is 0 Å². The fraction of sp³-hybridized carbons (Fsp3) is 0.278. The topological polar surface area (TPSA) is 38.3 Å². The lowest BCUT2D eigenvalue weighted by Crippen LogP contribution is -2.27. The van der Waals surface area contributed by atoms with Gasteiger partial charge in [0.1, 0.15) is 5.75 Å². The van der Waals surface area contributed by atoms with E-state index in [1.54, 1.807) is 6.92 Å². The van der Waals surface area contributed by atoms with Crippen LogP contribution >= 0.6 is 0 Å². The molecular formula is C18H19NO2. The van der Waals surface area contributed by atoms with E-state index in [2.05, 4.69) is 11.4 Å². The van der Waals surface area contributed by atoms with Gasteiger partial charge in [-0.05, 0) is 41.7 Å². The van der Waals surface area contributed by atoms with Crippen molar-refractivity contribution in [3.63, 3.8) is 0 Å². The van der Waals surface area contributed by atoms with Crippen LogP contribution in [0.1, 0.15) is 36.1 Å². The van der Waals surface area contributed by atoms with Crippen LogP contribution in [0.25, 0.3) is 0 Å². The maximum absolute atomic E-state index is 11.6. The van der Waals surface area contributed by atoms with E-state index in [1.807, 2.05) is 42.5 Å². The summed E-state index contributed by atoms with van der Waals surface area (Å²) < 4.78 is 5.66. The predicted octanol–water partition coefficient (Wildman–Crippen LogP) is 3.24. The number of hydrogen-bond donors (Lipinski definition) is 1. The zero-order chi connectivity index (χ0) is 14.7. The highest BCUT2D eigenvalue weighted by Crippen LogP contribution is 2.30. The van der Waals surface area contributed by atoms with Crippen molar-refractivity contribution in [3.8, 4) is 5.75 Å². The Labute approximate surface area is 124 Å². The van der Waals surface area contributed by atoms with Gasteiger partial charge in [0.25, 0.3) is 0 Å². The van der Waals surface area contributed by atoms with Crippen LogP contribution in [0, 0.1) is 0 Å². The second-order valence-electron chi connectivity index (χ2n) is 5.36. The molecule has 3 heteroatoms. The molecule has 0 aromatic heterocycles. The number of aryl methyl sites for hydroxylation is 1. The third-order valence-corrected chi connectivity index (χ3v) is 3.75. The zero-order valence-corrected chi connectivity index (χ0v) is 12.1. The smallest absolute Gasteiger partial charge is 0.217 e. The molecule has 0 unspecified atom stereocenters. The Kier molecular flexibility index (Phi) is 3.91. The highest BCUT2D eigenvalue weighted by molar-refractivity contribution is 5.74. The van der Waals surface area contributed by atoms with Crippen LogP contribution in [0.2, 0.25) is 0 Å².